The van der Waals surface area contributed by atoms with Crippen LogP contribution in [0.1, 0.15) is 17.2 Å². The van der Waals surface area contributed by atoms with E-state index in [0.29, 0.717) is 5.82 Å². The van der Waals surface area contributed by atoms with E-state index < -0.39 is 0 Å². The van der Waals surface area contributed by atoms with E-state index in [2.05, 4.69) is 52.5 Å². The first-order chi connectivity index (χ1) is 15.8. The van der Waals surface area contributed by atoms with Crippen LogP contribution in [0.25, 0.3) is 22.3 Å². The number of benzene rings is 2. The summed E-state index contributed by atoms with van der Waals surface area (Å²) < 4.78 is 5.55. The van der Waals surface area contributed by atoms with Gasteiger partial charge in [0.1, 0.15) is 5.82 Å². The predicted molar refractivity (Wildman–Crippen MR) is 128 cm³/mol. The Kier molecular flexibility index (Phi) is 6.05. The van der Waals surface area contributed by atoms with Crippen LogP contribution in [0.4, 0.5) is 5.82 Å². The molecule has 6 heteroatoms. The maximum Gasteiger partial charge on any atom is 0.163 e. The quantitative estimate of drug-likeness (QED) is 0.491. The van der Waals surface area contributed by atoms with Crippen molar-refractivity contribution in [3.05, 3.63) is 84.2 Å². The molecule has 4 aromatic rings. The van der Waals surface area contributed by atoms with Crippen LogP contribution in [0.3, 0.4) is 0 Å². The monoisotopic (exact) mass is 425 g/mol. The fourth-order valence-electron chi connectivity index (χ4n) is 4.05. The maximum atomic E-state index is 5.55. The number of ether oxygens (including phenoxy) is 1. The van der Waals surface area contributed by atoms with Crippen molar-refractivity contribution in [2.45, 2.75) is 13.0 Å². The van der Waals surface area contributed by atoms with E-state index in [-0.39, 0.29) is 6.04 Å². The van der Waals surface area contributed by atoms with Gasteiger partial charge in [0, 0.05) is 43.0 Å². The molecule has 2 aromatic heterocycles. The molecule has 0 unspecified atom stereocenters. The summed E-state index contributed by atoms with van der Waals surface area (Å²) >= 11 is 0. The average molecular weight is 426 g/mol. The molecular formula is C26H27N5O. The van der Waals surface area contributed by atoms with E-state index in [1.807, 2.05) is 30.3 Å². The van der Waals surface area contributed by atoms with Crippen LogP contribution in [0.15, 0.2) is 73.1 Å². The summed E-state index contributed by atoms with van der Waals surface area (Å²) in [5.41, 5.74) is 4.32. The first-order valence-electron chi connectivity index (χ1n) is 11.1. The molecule has 0 bridgehead atoms. The fraction of sp³-hybridized carbons (Fsp3) is 0.269. The van der Waals surface area contributed by atoms with E-state index in [9.17, 15) is 0 Å². The van der Waals surface area contributed by atoms with Crippen molar-refractivity contribution in [1.29, 1.82) is 0 Å². The number of pyridine rings is 1. The Hall–Kier alpha value is -3.35. The van der Waals surface area contributed by atoms with Crippen molar-refractivity contribution in [3.63, 3.8) is 0 Å². The first-order valence-corrected chi connectivity index (χ1v) is 11.1. The van der Waals surface area contributed by atoms with E-state index in [0.717, 1.165) is 55.1 Å². The summed E-state index contributed by atoms with van der Waals surface area (Å²) in [6, 6.07) is 20.9. The standard InChI is InChI=1S/C26H27N5O/c1-19-8-10-20(11-9-19)24(18-31-13-15-32-16-14-31)29-26-22-6-2-3-7-23(22)28-25(30-26)21-5-4-12-27-17-21/h2-12,17,24H,13-16,18H2,1H3,(H,28,29,30)/t24-/m0/s1. The lowest BCUT2D eigenvalue weighted by molar-refractivity contribution is 0.0361. The molecule has 3 heterocycles. The van der Waals surface area contributed by atoms with Crippen molar-refractivity contribution in [2.75, 3.05) is 38.2 Å². The van der Waals surface area contributed by atoms with E-state index in [1.165, 1.54) is 11.1 Å². The normalized spacial score (nSPS) is 15.5. The van der Waals surface area contributed by atoms with Gasteiger partial charge < -0.3 is 10.1 Å². The highest BCUT2D eigenvalue weighted by molar-refractivity contribution is 5.90. The molecule has 1 fully saturated rings. The minimum Gasteiger partial charge on any atom is -0.379 e. The van der Waals surface area contributed by atoms with Crippen molar-refractivity contribution >= 4 is 16.7 Å². The van der Waals surface area contributed by atoms with Crippen molar-refractivity contribution in [3.8, 4) is 11.4 Å². The number of anilines is 1. The van der Waals surface area contributed by atoms with Crippen molar-refractivity contribution in [1.82, 2.24) is 19.9 Å². The van der Waals surface area contributed by atoms with Gasteiger partial charge in [-0.3, -0.25) is 9.88 Å². The van der Waals surface area contributed by atoms with Crippen molar-refractivity contribution in [2.24, 2.45) is 0 Å². The Morgan fingerprint density at radius 2 is 1.78 bits per heavy atom. The van der Waals surface area contributed by atoms with Gasteiger partial charge in [0.25, 0.3) is 0 Å². The SMILES string of the molecule is Cc1ccc([C@H](CN2CCOCC2)Nc2nc(-c3cccnc3)nc3ccccc23)cc1. The molecule has 2 aromatic carbocycles. The first kappa shape index (κ1) is 20.5. The van der Waals surface area contributed by atoms with Crippen LogP contribution >= 0.6 is 0 Å². The zero-order chi connectivity index (χ0) is 21.8. The number of morpholine rings is 1. The number of nitrogens with zero attached hydrogens (tertiary/aromatic N) is 4. The number of nitrogens with one attached hydrogen (secondary N) is 1. The Morgan fingerprint density at radius 3 is 2.56 bits per heavy atom. The Bertz CT molecular complexity index is 1170. The Morgan fingerprint density at radius 1 is 0.969 bits per heavy atom. The van der Waals surface area contributed by atoms with Crippen LogP contribution in [0, 0.1) is 6.92 Å². The second kappa shape index (κ2) is 9.42. The summed E-state index contributed by atoms with van der Waals surface area (Å²) in [6.45, 7) is 6.44. The number of aryl methyl sites for hydroxylation is 1. The highest BCUT2D eigenvalue weighted by Gasteiger charge is 2.20. The second-order valence-corrected chi connectivity index (χ2v) is 8.18. The number of para-hydroxylation sites is 1. The summed E-state index contributed by atoms with van der Waals surface area (Å²) in [7, 11) is 0. The third-order valence-corrected chi connectivity index (χ3v) is 5.86. The highest BCUT2D eigenvalue weighted by atomic mass is 16.5. The molecule has 1 saturated heterocycles. The summed E-state index contributed by atoms with van der Waals surface area (Å²) in [6.07, 6.45) is 3.57. The number of rotatable bonds is 6. The van der Waals surface area contributed by atoms with Gasteiger partial charge in [-0.05, 0) is 36.8 Å². The molecule has 32 heavy (non-hydrogen) atoms. The van der Waals surface area contributed by atoms with Gasteiger partial charge in [0.15, 0.2) is 5.82 Å². The van der Waals surface area contributed by atoms with Gasteiger partial charge in [0.2, 0.25) is 0 Å². The van der Waals surface area contributed by atoms with Gasteiger partial charge in [-0.2, -0.15) is 0 Å². The lowest BCUT2D eigenvalue weighted by Gasteiger charge is -2.31. The fourth-order valence-corrected chi connectivity index (χ4v) is 4.05. The Labute approximate surface area is 188 Å². The average Bonchev–Trinajstić information content (AvgIpc) is 2.85. The van der Waals surface area contributed by atoms with Gasteiger partial charge in [0.05, 0.1) is 24.8 Å². The summed E-state index contributed by atoms with van der Waals surface area (Å²) in [5, 5.41) is 4.77. The molecule has 0 aliphatic carbocycles. The third-order valence-electron chi connectivity index (χ3n) is 5.86. The van der Waals surface area contributed by atoms with Gasteiger partial charge in [-0.25, -0.2) is 9.97 Å². The van der Waals surface area contributed by atoms with Crippen LogP contribution in [0.5, 0.6) is 0 Å². The van der Waals surface area contributed by atoms with E-state index in [1.54, 1.807) is 12.4 Å². The topological polar surface area (TPSA) is 63.2 Å². The second-order valence-electron chi connectivity index (χ2n) is 8.18. The van der Waals surface area contributed by atoms with E-state index >= 15 is 0 Å². The molecular weight excluding hydrogens is 398 g/mol. The molecule has 0 saturated carbocycles. The van der Waals surface area contributed by atoms with E-state index in [4.69, 9.17) is 14.7 Å². The number of hydrogen-bond donors (Lipinski definition) is 1. The molecule has 1 aliphatic heterocycles. The molecule has 0 radical (unpaired) electrons. The third kappa shape index (κ3) is 4.61. The number of aromatic nitrogens is 3. The Balaban J connectivity index is 1.54. The lowest BCUT2D eigenvalue weighted by Crippen LogP contribution is -2.40. The van der Waals surface area contributed by atoms with Gasteiger partial charge in [-0.1, -0.05) is 42.0 Å². The maximum absolute atomic E-state index is 5.55. The zero-order valence-corrected chi connectivity index (χ0v) is 18.2. The highest BCUT2D eigenvalue weighted by Crippen LogP contribution is 2.28. The van der Waals surface area contributed by atoms with Crippen LogP contribution in [-0.4, -0.2) is 52.7 Å². The molecule has 5 rings (SSSR count). The lowest BCUT2D eigenvalue weighted by atomic mass is 10.0. The molecule has 6 nitrogen and oxygen atoms in total. The largest absolute Gasteiger partial charge is 0.379 e. The molecule has 0 spiro atoms. The van der Waals surface area contributed by atoms with Crippen LogP contribution in [0.2, 0.25) is 0 Å². The predicted octanol–water partition coefficient (Wildman–Crippen LogP) is 4.49. The minimum absolute atomic E-state index is 0.0914. The molecule has 1 atom stereocenters. The molecule has 1 N–H and O–H groups in total. The smallest absolute Gasteiger partial charge is 0.163 e. The molecule has 0 amide bonds. The van der Waals surface area contributed by atoms with Crippen LogP contribution < -0.4 is 5.32 Å². The zero-order valence-electron chi connectivity index (χ0n) is 18.2. The minimum atomic E-state index is 0.0914. The number of fused-ring (bicyclic) bond motifs is 1. The van der Waals surface area contributed by atoms with Gasteiger partial charge >= 0.3 is 0 Å². The molecule has 1 aliphatic rings. The number of hydrogen-bond acceptors (Lipinski definition) is 6. The van der Waals surface area contributed by atoms with Gasteiger partial charge in [-0.15, -0.1) is 0 Å². The summed E-state index contributed by atoms with van der Waals surface area (Å²) in [4.78, 5) is 16.4. The molecule has 162 valence electrons. The summed E-state index contributed by atoms with van der Waals surface area (Å²) in [5.74, 6) is 1.52. The van der Waals surface area contributed by atoms with Crippen LogP contribution in [-0.2, 0) is 4.74 Å². The van der Waals surface area contributed by atoms with Crippen molar-refractivity contribution < 1.29 is 4.74 Å².